The van der Waals surface area contributed by atoms with Gasteiger partial charge in [0.05, 0.1) is 12.7 Å². The molecule has 7 nitrogen and oxygen atoms in total. The summed E-state index contributed by atoms with van der Waals surface area (Å²) >= 11 is 0. The van der Waals surface area contributed by atoms with Crippen LogP contribution in [0.15, 0.2) is 12.1 Å². The van der Waals surface area contributed by atoms with Crippen molar-refractivity contribution in [2.45, 2.75) is 13.8 Å². The van der Waals surface area contributed by atoms with E-state index in [1.165, 1.54) is 20.1 Å². The first-order valence-corrected chi connectivity index (χ1v) is 4.99. The van der Waals surface area contributed by atoms with Gasteiger partial charge in [0, 0.05) is 19.1 Å². The summed E-state index contributed by atoms with van der Waals surface area (Å²) in [6, 6.07) is 2.34. The van der Waals surface area contributed by atoms with Crippen LogP contribution in [-0.2, 0) is 9.53 Å². The molecule has 0 fully saturated rings. The van der Waals surface area contributed by atoms with Gasteiger partial charge in [0.2, 0.25) is 0 Å². The molecule has 1 N–H and O–H groups in total. The van der Waals surface area contributed by atoms with Crippen LogP contribution in [0.4, 0.5) is 5.69 Å². The monoisotopic (exact) mass is 254 g/mol. The van der Waals surface area contributed by atoms with Crippen molar-refractivity contribution in [2.75, 3.05) is 7.11 Å². The summed E-state index contributed by atoms with van der Waals surface area (Å²) in [5.74, 6) is -1.59. The molecule has 0 spiro atoms. The smallest absolute Gasteiger partial charge is 0.338 e. The van der Waals surface area contributed by atoms with Gasteiger partial charge in [0.15, 0.2) is 11.4 Å². The number of hydrogen-bond donors (Lipinski definition) is 1. The number of carbonyl (C=O) groups is 2. The number of carbonyl (C=O) groups excluding carboxylic acids is 2. The van der Waals surface area contributed by atoms with Crippen LogP contribution in [0.1, 0.15) is 22.8 Å². The van der Waals surface area contributed by atoms with E-state index in [2.05, 4.69) is 4.74 Å². The van der Waals surface area contributed by atoms with Crippen LogP contribution in [-0.4, -0.2) is 19.0 Å². The van der Waals surface area contributed by atoms with E-state index in [-0.39, 0.29) is 17.0 Å². The van der Waals surface area contributed by atoms with Crippen molar-refractivity contribution in [2.24, 2.45) is 0 Å². The van der Waals surface area contributed by atoms with E-state index in [1.54, 1.807) is 0 Å². The summed E-state index contributed by atoms with van der Waals surface area (Å²) < 4.78 is 9.26. The van der Waals surface area contributed by atoms with Gasteiger partial charge in [0.25, 0.3) is 0 Å². The molecular formula is C11H12NO6-. The Bertz CT molecular complexity index is 483. The van der Waals surface area contributed by atoms with Crippen molar-refractivity contribution >= 4 is 17.6 Å². The molecule has 18 heavy (non-hydrogen) atoms. The highest BCUT2D eigenvalue weighted by Crippen LogP contribution is 2.26. The van der Waals surface area contributed by atoms with Crippen LogP contribution in [0.3, 0.4) is 0 Å². The molecule has 1 rings (SSSR count). The Labute approximate surface area is 103 Å². The Morgan fingerprint density at radius 1 is 1.28 bits per heavy atom. The Morgan fingerprint density at radius 2 is 1.89 bits per heavy atom. The minimum Gasteiger partial charge on any atom is -0.628 e. The molecule has 7 heteroatoms. The third-order valence-electron chi connectivity index (χ3n) is 2.21. The maximum atomic E-state index is 11.4. The Hall–Kier alpha value is -1.96. The Balaban J connectivity index is 3.35. The molecule has 0 bridgehead atoms. The van der Waals surface area contributed by atoms with Gasteiger partial charge in [-0.25, -0.2) is 4.79 Å². The lowest BCUT2D eigenvalue weighted by atomic mass is 10.1. The van der Waals surface area contributed by atoms with Gasteiger partial charge >= 0.3 is 11.9 Å². The SMILES string of the molecule is COC(=O)c1cc(OC(C)=O)c([NH+]([O-])[O-])cc1C. The third-order valence-corrected chi connectivity index (χ3v) is 2.21. The maximum absolute atomic E-state index is 11.4. The zero-order valence-electron chi connectivity index (χ0n) is 10.1. The number of ether oxygens (including phenoxy) is 2. The van der Waals surface area contributed by atoms with Crippen LogP contribution < -0.4 is 9.96 Å². The van der Waals surface area contributed by atoms with E-state index < -0.39 is 17.2 Å². The number of hydrogen-bond acceptors (Lipinski definition) is 6. The number of esters is 2. The molecule has 1 aromatic rings. The van der Waals surface area contributed by atoms with E-state index in [4.69, 9.17) is 4.74 Å². The number of rotatable bonds is 3. The summed E-state index contributed by atoms with van der Waals surface area (Å²) in [6.45, 7) is 2.66. The first-order chi connectivity index (χ1) is 8.36. The minimum absolute atomic E-state index is 0.124. The molecule has 1 aromatic carbocycles. The standard InChI is InChI=1S/C11H12NO6/c1-6-4-9(12(15)16)10(18-7(2)13)5-8(6)11(14)17-3/h4-5,12H,1-3H3/q-1. The zero-order chi connectivity index (χ0) is 13.9. The van der Waals surface area contributed by atoms with E-state index in [1.807, 2.05) is 0 Å². The van der Waals surface area contributed by atoms with E-state index >= 15 is 0 Å². The second kappa shape index (κ2) is 5.58. The number of nitrogens with one attached hydrogen (secondary N) is 1. The summed E-state index contributed by atoms with van der Waals surface area (Å²) in [7, 11) is 1.19. The van der Waals surface area contributed by atoms with Crippen LogP contribution in [0, 0.1) is 17.3 Å². The predicted octanol–water partition coefficient (Wildman–Crippen LogP) is 0.219. The van der Waals surface area contributed by atoms with Gasteiger partial charge < -0.3 is 25.1 Å². The van der Waals surface area contributed by atoms with Crippen molar-refractivity contribution in [1.29, 1.82) is 0 Å². The van der Waals surface area contributed by atoms with Crippen LogP contribution >= 0.6 is 0 Å². The normalized spacial score (nSPS) is 10.3. The fourth-order valence-corrected chi connectivity index (χ4v) is 1.42. The second-order valence-electron chi connectivity index (χ2n) is 3.54. The van der Waals surface area contributed by atoms with Gasteiger partial charge in [-0.1, -0.05) is 0 Å². The Morgan fingerprint density at radius 3 is 2.33 bits per heavy atom. The number of quaternary nitrogens is 1. The first-order valence-electron chi connectivity index (χ1n) is 4.99. The molecule has 0 radical (unpaired) electrons. The van der Waals surface area contributed by atoms with Gasteiger partial charge in [0.1, 0.15) is 0 Å². The minimum atomic E-state index is -1.49. The second-order valence-corrected chi connectivity index (χ2v) is 3.54. The van der Waals surface area contributed by atoms with Gasteiger partial charge in [-0.2, -0.15) is 0 Å². The lowest BCUT2D eigenvalue weighted by molar-refractivity contribution is -0.715. The lowest BCUT2D eigenvalue weighted by Crippen LogP contribution is -2.96. The average Bonchev–Trinajstić information content (AvgIpc) is 2.29. The Kier molecular flexibility index (Phi) is 4.38. The summed E-state index contributed by atoms with van der Waals surface area (Å²) in [5.41, 5.74) is 0.214. The largest absolute Gasteiger partial charge is 0.628 e. The summed E-state index contributed by atoms with van der Waals surface area (Å²) in [6.07, 6.45) is 0. The van der Waals surface area contributed by atoms with E-state index in [0.717, 1.165) is 13.0 Å². The number of methoxy groups -OCH3 is 1. The molecular weight excluding hydrogens is 242 g/mol. The summed E-state index contributed by atoms with van der Waals surface area (Å²) in [5, 5.41) is 20.3. The molecule has 0 unspecified atom stereocenters. The molecule has 0 aromatic heterocycles. The van der Waals surface area contributed by atoms with Gasteiger partial charge in [-0.3, -0.25) is 4.79 Å². The topological polar surface area (TPSA) is 103 Å². The quantitative estimate of drug-likeness (QED) is 0.470. The molecule has 0 heterocycles. The molecule has 0 amide bonds. The van der Waals surface area contributed by atoms with Gasteiger partial charge in [-0.15, -0.1) is 0 Å². The average molecular weight is 254 g/mol. The molecule has 0 saturated heterocycles. The van der Waals surface area contributed by atoms with Crippen molar-refractivity contribution in [1.82, 2.24) is 0 Å². The van der Waals surface area contributed by atoms with Crippen LogP contribution in [0.25, 0.3) is 0 Å². The summed E-state index contributed by atoms with van der Waals surface area (Å²) in [4.78, 5) is 22.3. The molecule has 0 aliphatic heterocycles. The third kappa shape index (κ3) is 3.04. The fourth-order valence-electron chi connectivity index (χ4n) is 1.42. The van der Waals surface area contributed by atoms with Crippen molar-refractivity contribution < 1.29 is 24.3 Å². The molecule has 98 valence electrons. The maximum Gasteiger partial charge on any atom is 0.338 e. The number of aryl methyl sites for hydroxylation is 1. The fraction of sp³-hybridized carbons (Fsp3) is 0.273. The van der Waals surface area contributed by atoms with Crippen LogP contribution in [0.2, 0.25) is 0 Å². The first kappa shape index (κ1) is 14.1. The van der Waals surface area contributed by atoms with Crippen LogP contribution in [0.5, 0.6) is 5.75 Å². The lowest BCUT2D eigenvalue weighted by Gasteiger charge is -2.26. The van der Waals surface area contributed by atoms with Crippen molar-refractivity contribution in [3.8, 4) is 5.75 Å². The number of benzene rings is 1. The van der Waals surface area contributed by atoms with Crippen molar-refractivity contribution in [3.63, 3.8) is 0 Å². The van der Waals surface area contributed by atoms with E-state index in [0.29, 0.717) is 5.56 Å². The molecule has 0 saturated carbocycles. The highest BCUT2D eigenvalue weighted by Gasteiger charge is 2.17. The van der Waals surface area contributed by atoms with Crippen molar-refractivity contribution in [3.05, 3.63) is 33.7 Å². The zero-order valence-corrected chi connectivity index (χ0v) is 10.1. The highest BCUT2D eigenvalue weighted by molar-refractivity contribution is 5.92. The highest BCUT2D eigenvalue weighted by atomic mass is 16.8. The molecule has 0 atom stereocenters. The van der Waals surface area contributed by atoms with E-state index in [9.17, 15) is 20.0 Å². The predicted molar refractivity (Wildman–Crippen MR) is 61.2 cm³/mol. The molecule has 0 aliphatic carbocycles. The molecule has 0 aliphatic rings. The van der Waals surface area contributed by atoms with Gasteiger partial charge in [-0.05, 0) is 12.5 Å².